The second kappa shape index (κ2) is 6.15. The van der Waals surface area contributed by atoms with Crippen molar-refractivity contribution in [2.24, 2.45) is 0 Å². The summed E-state index contributed by atoms with van der Waals surface area (Å²) >= 11 is 0. The van der Waals surface area contributed by atoms with E-state index >= 15 is 0 Å². The fourth-order valence-electron chi connectivity index (χ4n) is 2.81. The number of rotatable bonds is 3. The largest absolute Gasteiger partial charge is 0.478 e. The van der Waals surface area contributed by atoms with Gasteiger partial charge < -0.3 is 5.11 Å². The fourth-order valence-corrected chi connectivity index (χ4v) is 2.81. The second-order valence-corrected chi connectivity index (χ2v) is 5.74. The van der Waals surface area contributed by atoms with Crippen LogP contribution in [0.2, 0.25) is 0 Å². The Morgan fingerprint density at radius 1 is 1.08 bits per heavy atom. The Bertz CT molecular complexity index is 1190. The number of hydrogen-bond donors (Lipinski definition) is 1. The van der Waals surface area contributed by atoms with Gasteiger partial charge in [-0.05, 0) is 22.4 Å². The van der Waals surface area contributed by atoms with Crippen molar-refractivity contribution in [3.05, 3.63) is 78.2 Å². The van der Waals surface area contributed by atoms with Gasteiger partial charge in [-0.25, -0.2) is 14.5 Å². The lowest BCUT2D eigenvalue weighted by Gasteiger charge is -2.08. The molecule has 0 saturated heterocycles. The fraction of sp³-hybridized carbons (Fsp3) is 0. The van der Waals surface area contributed by atoms with Crippen molar-refractivity contribution in [1.82, 2.24) is 14.8 Å². The molecule has 6 heteroatoms. The number of nitriles is 1. The smallest absolute Gasteiger partial charge is 0.338 e. The average molecular weight is 340 g/mol. The number of carboxylic acid groups (broad SMARTS) is 1. The normalized spacial score (nSPS) is 10.6. The third-order valence-corrected chi connectivity index (χ3v) is 4.13. The van der Waals surface area contributed by atoms with Crippen molar-refractivity contribution in [2.75, 3.05) is 0 Å². The molecule has 0 unspecified atom stereocenters. The Balaban J connectivity index is 1.79. The molecule has 1 N–H and O–H groups in total. The Morgan fingerprint density at radius 2 is 1.88 bits per heavy atom. The summed E-state index contributed by atoms with van der Waals surface area (Å²) in [4.78, 5) is 15.3. The number of aromatic nitrogens is 3. The molecule has 124 valence electrons. The average Bonchev–Trinajstić information content (AvgIpc) is 3.17. The Labute approximate surface area is 148 Å². The summed E-state index contributed by atoms with van der Waals surface area (Å²) in [5.41, 5.74) is 2.11. The van der Waals surface area contributed by atoms with E-state index < -0.39 is 5.97 Å². The van der Waals surface area contributed by atoms with Crippen molar-refractivity contribution in [3.63, 3.8) is 0 Å². The second-order valence-electron chi connectivity index (χ2n) is 5.74. The quantitative estimate of drug-likeness (QED) is 0.614. The van der Waals surface area contributed by atoms with E-state index in [0.717, 1.165) is 16.3 Å². The SMILES string of the molecule is N#Cc1cc(-n2cc(C(=O)O)cn2)ncc1-c1ccc2ccccc2c1. The van der Waals surface area contributed by atoms with E-state index in [0.29, 0.717) is 16.9 Å². The molecule has 4 aromatic rings. The molecular formula is C20H12N4O2. The van der Waals surface area contributed by atoms with Gasteiger partial charge in [0, 0.05) is 24.0 Å². The highest BCUT2D eigenvalue weighted by Crippen LogP contribution is 2.27. The van der Waals surface area contributed by atoms with E-state index in [1.54, 1.807) is 12.3 Å². The molecule has 4 rings (SSSR count). The number of benzene rings is 2. The van der Waals surface area contributed by atoms with Crippen molar-refractivity contribution >= 4 is 16.7 Å². The first-order valence-corrected chi connectivity index (χ1v) is 7.83. The molecule has 0 aliphatic carbocycles. The maximum Gasteiger partial charge on any atom is 0.338 e. The first-order valence-electron chi connectivity index (χ1n) is 7.83. The highest BCUT2D eigenvalue weighted by atomic mass is 16.4. The first-order chi connectivity index (χ1) is 12.7. The molecule has 0 saturated carbocycles. The summed E-state index contributed by atoms with van der Waals surface area (Å²) < 4.78 is 1.34. The highest BCUT2D eigenvalue weighted by Gasteiger charge is 2.12. The third kappa shape index (κ3) is 2.68. The van der Waals surface area contributed by atoms with Gasteiger partial charge in [0.1, 0.15) is 0 Å². The molecule has 0 aliphatic rings. The molecule has 26 heavy (non-hydrogen) atoms. The number of aromatic carboxylic acids is 1. The molecule has 6 nitrogen and oxygen atoms in total. The van der Waals surface area contributed by atoms with Gasteiger partial charge in [0.2, 0.25) is 0 Å². The maximum atomic E-state index is 11.0. The molecule has 0 aliphatic heterocycles. The molecular weight excluding hydrogens is 328 g/mol. The molecule has 2 aromatic carbocycles. The monoisotopic (exact) mass is 340 g/mol. The minimum atomic E-state index is -1.07. The Hall–Kier alpha value is -3.98. The van der Waals surface area contributed by atoms with E-state index in [1.165, 1.54) is 17.1 Å². The lowest BCUT2D eigenvalue weighted by atomic mass is 9.99. The summed E-state index contributed by atoms with van der Waals surface area (Å²) in [6, 6.07) is 17.8. The minimum Gasteiger partial charge on any atom is -0.478 e. The number of fused-ring (bicyclic) bond motifs is 1. The summed E-state index contributed by atoms with van der Waals surface area (Å²) in [5, 5.41) is 24.7. The van der Waals surface area contributed by atoms with E-state index in [-0.39, 0.29) is 5.56 Å². The highest BCUT2D eigenvalue weighted by molar-refractivity contribution is 5.88. The maximum absolute atomic E-state index is 11.0. The number of pyridine rings is 1. The Kier molecular flexibility index (Phi) is 3.67. The lowest BCUT2D eigenvalue weighted by Crippen LogP contribution is -2.00. The first kappa shape index (κ1) is 15.5. The molecule has 2 heterocycles. The summed E-state index contributed by atoms with van der Waals surface area (Å²) in [6.45, 7) is 0. The zero-order valence-electron chi connectivity index (χ0n) is 13.5. The molecule has 2 aromatic heterocycles. The van der Waals surface area contributed by atoms with Gasteiger partial charge in [-0.15, -0.1) is 0 Å². The van der Waals surface area contributed by atoms with Crippen LogP contribution in [-0.4, -0.2) is 25.8 Å². The topological polar surface area (TPSA) is 91.8 Å². The van der Waals surface area contributed by atoms with Crippen molar-refractivity contribution in [3.8, 4) is 23.0 Å². The standard InChI is InChI=1S/C20H12N4O2/c21-9-16-8-19(24-12-17(10-23-24)20(25)26)22-11-18(16)15-6-5-13-3-1-2-4-14(13)7-15/h1-8,10-12H,(H,25,26). The van der Waals surface area contributed by atoms with Crippen molar-refractivity contribution < 1.29 is 9.90 Å². The van der Waals surface area contributed by atoms with Crippen LogP contribution in [0.5, 0.6) is 0 Å². The predicted octanol–water partition coefficient (Wildman–Crippen LogP) is 3.66. The van der Waals surface area contributed by atoms with Gasteiger partial charge in [0.05, 0.1) is 23.4 Å². The van der Waals surface area contributed by atoms with Crippen LogP contribution in [0.4, 0.5) is 0 Å². The van der Waals surface area contributed by atoms with Crippen LogP contribution in [-0.2, 0) is 0 Å². The number of nitrogens with zero attached hydrogens (tertiary/aromatic N) is 4. The van der Waals surface area contributed by atoms with Gasteiger partial charge in [0.15, 0.2) is 5.82 Å². The summed E-state index contributed by atoms with van der Waals surface area (Å²) in [7, 11) is 0. The third-order valence-electron chi connectivity index (χ3n) is 4.13. The molecule has 0 fully saturated rings. The van der Waals surface area contributed by atoms with Gasteiger partial charge in [0.25, 0.3) is 0 Å². The lowest BCUT2D eigenvalue weighted by molar-refractivity contribution is 0.0697. The molecule has 0 radical (unpaired) electrons. The van der Waals surface area contributed by atoms with Gasteiger partial charge >= 0.3 is 5.97 Å². The summed E-state index contributed by atoms with van der Waals surface area (Å²) in [6.07, 6.45) is 4.22. The number of carboxylic acids is 1. The van der Waals surface area contributed by atoms with Crippen LogP contribution in [0.3, 0.4) is 0 Å². The van der Waals surface area contributed by atoms with E-state index in [1.807, 2.05) is 42.5 Å². The van der Waals surface area contributed by atoms with E-state index in [2.05, 4.69) is 16.2 Å². The van der Waals surface area contributed by atoms with Gasteiger partial charge in [-0.1, -0.05) is 36.4 Å². The van der Waals surface area contributed by atoms with Gasteiger partial charge in [-0.3, -0.25) is 0 Å². The summed E-state index contributed by atoms with van der Waals surface area (Å²) in [5.74, 6) is -0.678. The van der Waals surface area contributed by atoms with Crippen LogP contribution in [0.1, 0.15) is 15.9 Å². The number of hydrogen-bond acceptors (Lipinski definition) is 4. The van der Waals surface area contributed by atoms with Crippen LogP contribution >= 0.6 is 0 Å². The Morgan fingerprint density at radius 3 is 2.62 bits per heavy atom. The van der Waals surface area contributed by atoms with E-state index in [4.69, 9.17) is 5.11 Å². The van der Waals surface area contributed by atoms with Crippen LogP contribution in [0.15, 0.2) is 67.1 Å². The predicted molar refractivity (Wildman–Crippen MR) is 96.0 cm³/mol. The molecule has 0 amide bonds. The van der Waals surface area contributed by atoms with Crippen molar-refractivity contribution in [2.45, 2.75) is 0 Å². The van der Waals surface area contributed by atoms with Crippen LogP contribution < -0.4 is 0 Å². The minimum absolute atomic E-state index is 0.0592. The molecule has 0 spiro atoms. The zero-order chi connectivity index (χ0) is 18.1. The molecule has 0 bridgehead atoms. The van der Waals surface area contributed by atoms with E-state index in [9.17, 15) is 10.1 Å². The van der Waals surface area contributed by atoms with Crippen LogP contribution in [0.25, 0.3) is 27.7 Å². The van der Waals surface area contributed by atoms with Gasteiger partial charge in [-0.2, -0.15) is 10.4 Å². The van der Waals surface area contributed by atoms with Crippen molar-refractivity contribution in [1.29, 1.82) is 5.26 Å². The number of carbonyl (C=O) groups is 1. The molecule has 0 atom stereocenters. The zero-order valence-corrected chi connectivity index (χ0v) is 13.5. The van der Waals surface area contributed by atoms with Crippen LogP contribution in [0, 0.1) is 11.3 Å².